The zero-order valence-electron chi connectivity index (χ0n) is 16.9. The van der Waals surface area contributed by atoms with Gasteiger partial charge in [0.05, 0.1) is 6.10 Å². The number of hydrogen-bond acceptors (Lipinski definition) is 4. The summed E-state index contributed by atoms with van der Waals surface area (Å²) in [5.74, 6) is 1.35. The van der Waals surface area contributed by atoms with Crippen LogP contribution in [0.5, 0.6) is 0 Å². The predicted octanol–water partition coefficient (Wildman–Crippen LogP) is 3.62. The highest BCUT2D eigenvalue weighted by atomic mass is 16.3. The molecule has 0 radical (unpaired) electrons. The van der Waals surface area contributed by atoms with Crippen LogP contribution in [-0.4, -0.2) is 49.6 Å². The number of nitrogens with zero attached hydrogens (tertiary/aromatic N) is 4. The van der Waals surface area contributed by atoms with E-state index in [9.17, 15) is 9.90 Å². The molecule has 3 heterocycles. The Morgan fingerprint density at radius 2 is 1.80 bits per heavy atom. The highest BCUT2D eigenvalue weighted by Crippen LogP contribution is 2.33. The lowest BCUT2D eigenvalue weighted by Gasteiger charge is -2.30. The van der Waals surface area contributed by atoms with E-state index in [1.54, 1.807) is 4.90 Å². The molecule has 6 nitrogen and oxygen atoms in total. The van der Waals surface area contributed by atoms with Crippen molar-refractivity contribution in [2.24, 2.45) is 5.92 Å². The second-order valence-electron chi connectivity index (χ2n) is 8.42. The molecular weight excluding hydrogens is 376 g/mol. The van der Waals surface area contributed by atoms with Gasteiger partial charge in [-0.25, -0.2) is 9.97 Å². The van der Waals surface area contributed by atoms with Gasteiger partial charge in [-0.1, -0.05) is 30.3 Å². The third-order valence-electron chi connectivity index (χ3n) is 5.97. The second-order valence-corrected chi connectivity index (χ2v) is 8.42. The maximum absolute atomic E-state index is 13.2. The quantitative estimate of drug-likeness (QED) is 0.708. The molecule has 154 valence electrons. The molecule has 2 aromatic heterocycles. The molecule has 0 unspecified atom stereocenters. The van der Waals surface area contributed by atoms with Crippen LogP contribution in [0.25, 0.3) is 22.5 Å². The second kappa shape index (κ2) is 8.03. The molecule has 1 saturated carbocycles. The third kappa shape index (κ3) is 4.00. The van der Waals surface area contributed by atoms with Crippen molar-refractivity contribution >= 4 is 5.91 Å². The summed E-state index contributed by atoms with van der Waals surface area (Å²) < 4.78 is 2.08. The maximum Gasteiger partial charge on any atom is 0.270 e. The first-order valence-electron chi connectivity index (χ1n) is 10.7. The fraction of sp³-hybridized carbons (Fsp3) is 0.375. The van der Waals surface area contributed by atoms with Crippen LogP contribution in [0.1, 0.15) is 36.2 Å². The van der Waals surface area contributed by atoms with Gasteiger partial charge in [-0.2, -0.15) is 0 Å². The van der Waals surface area contributed by atoms with Crippen LogP contribution in [0.15, 0.2) is 55.0 Å². The maximum atomic E-state index is 13.2. The molecule has 2 fully saturated rings. The molecule has 6 heteroatoms. The van der Waals surface area contributed by atoms with E-state index in [-0.39, 0.29) is 5.91 Å². The van der Waals surface area contributed by atoms with Crippen molar-refractivity contribution in [3.05, 3.63) is 60.7 Å². The van der Waals surface area contributed by atoms with Gasteiger partial charge in [-0.05, 0) is 37.7 Å². The molecule has 1 aliphatic carbocycles. The number of piperidine rings is 1. The number of carbonyl (C=O) groups is 1. The summed E-state index contributed by atoms with van der Waals surface area (Å²) in [4.78, 5) is 24.1. The minimum Gasteiger partial charge on any atom is -0.391 e. The summed E-state index contributed by atoms with van der Waals surface area (Å²) in [6, 6.07) is 11.9. The Balaban J connectivity index is 1.43. The number of likely N-dealkylation sites (tertiary alicyclic amines) is 1. The van der Waals surface area contributed by atoms with E-state index < -0.39 is 6.10 Å². The summed E-state index contributed by atoms with van der Waals surface area (Å²) in [6.45, 7) is 1.98. The van der Waals surface area contributed by atoms with Crippen molar-refractivity contribution in [3.8, 4) is 22.5 Å². The van der Waals surface area contributed by atoms with Crippen molar-refractivity contribution in [2.45, 2.75) is 38.3 Å². The normalized spacial score (nSPS) is 19.1. The van der Waals surface area contributed by atoms with Gasteiger partial charge in [-0.3, -0.25) is 4.79 Å². The summed E-state index contributed by atoms with van der Waals surface area (Å²) >= 11 is 0. The fourth-order valence-electron chi connectivity index (χ4n) is 4.09. The number of amides is 1. The topological polar surface area (TPSA) is 71.2 Å². The largest absolute Gasteiger partial charge is 0.391 e. The van der Waals surface area contributed by atoms with Gasteiger partial charge in [0.2, 0.25) is 0 Å². The Labute approximate surface area is 176 Å². The number of hydrogen-bond donors (Lipinski definition) is 1. The first kappa shape index (κ1) is 19.0. The molecule has 30 heavy (non-hydrogen) atoms. The number of aliphatic hydroxyl groups is 1. The average molecular weight is 402 g/mol. The first-order valence-corrected chi connectivity index (χ1v) is 10.7. The number of rotatable bonds is 5. The molecule has 5 rings (SSSR count). The van der Waals surface area contributed by atoms with Crippen LogP contribution in [0.3, 0.4) is 0 Å². The van der Waals surface area contributed by atoms with Gasteiger partial charge in [0.1, 0.15) is 5.69 Å². The summed E-state index contributed by atoms with van der Waals surface area (Å²) in [6.07, 6.45) is 9.33. The lowest BCUT2D eigenvalue weighted by Crippen LogP contribution is -2.42. The number of aliphatic hydroxyl groups excluding tert-OH is 1. The molecule has 1 saturated heterocycles. The van der Waals surface area contributed by atoms with Crippen LogP contribution in [-0.2, 0) is 6.54 Å². The molecule has 1 N–H and O–H groups in total. The van der Waals surface area contributed by atoms with Crippen molar-refractivity contribution in [3.63, 3.8) is 0 Å². The first-order chi connectivity index (χ1) is 14.7. The average Bonchev–Trinajstić information content (AvgIpc) is 3.51. The van der Waals surface area contributed by atoms with E-state index in [0.717, 1.165) is 36.1 Å². The molecule has 3 aromatic rings. The van der Waals surface area contributed by atoms with E-state index in [2.05, 4.69) is 14.5 Å². The molecular formula is C24H26N4O2. The van der Waals surface area contributed by atoms with Crippen LogP contribution in [0, 0.1) is 5.92 Å². The van der Waals surface area contributed by atoms with Gasteiger partial charge in [0.15, 0.2) is 5.82 Å². The van der Waals surface area contributed by atoms with Crippen LogP contribution >= 0.6 is 0 Å². The summed E-state index contributed by atoms with van der Waals surface area (Å²) in [7, 11) is 0. The lowest BCUT2D eigenvalue weighted by atomic mass is 10.1. The van der Waals surface area contributed by atoms with Gasteiger partial charge in [0, 0.05) is 54.9 Å². The SMILES string of the molecule is O=C(c1cc(-c2cnc(-c3ccccc3)nc2)cn1CC1CC1)N1CCC[C@@H](O)C1. The number of aromatic nitrogens is 3. The van der Waals surface area contributed by atoms with E-state index in [0.29, 0.717) is 30.5 Å². The molecule has 1 aliphatic heterocycles. The van der Waals surface area contributed by atoms with E-state index in [4.69, 9.17) is 0 Å². The van der Waals surface area contributed by atoms with Gasteiger partial charge >= 0.3 is 0 Å². The third-order valence-corrected chi connectivity index (χ3v) is 5.97. The smallest absolute Gasteiger partial charge is 0.270 e. The van der Waals surface area contributed by atoms with E-state index >= 15 is 0 Å². The number of benzene rings is 1. The Hall–Kier alpha value is -2.99. The van der Waals surface area contributed by atoms with Crippen molar-refractivity contribution in [2.75, 3.05) is 13.1 Å². The zero-order valence-corrected chi connectivity index (χ0v) is 16.9. The van der Waals surface area contributed by atoms with E-state index in [1.165, 1.54) is 12.8 Å². The highest BCUT2D eigenvalue weighted by Gasteiger charge is 2.28. The molecule has 1 atom stereocenters. The minimum atomic E-state index is -0.423. The molecule has 1 amide bonds. The monoisotopic (exact) mass is 402 g/mol. The van der Waals surface area contributed by atoms with Crippen molar-refractivity contribution in [1.29, 1.82) is 0 Å². The number of β-amino-alcohol motifs (C(OH)–C–C–N with tert-alkyl or cyclic N) is 1. The van der Waals surface area contributed by atoms with Crippen molar-refractivity contribution in [1.82, 2.24) is 19.4 Å². The molecule has 1 aromatic carbocycles. The van der Waals surface area contributed by atoms with Gasteiger partial charge < -0.3 is 14.6 Å². The minimum absolute atomic E-state index is 0.00229. The summed E-state index contributed by atoms with van der Waals surface area (Å²) in [5, 5.41) is 9.99. The van der Waals surface area contributed by atoms with Gasteiger partial charge in [-0.15, -0.1) is 0 Å². The molecule has 0 bridgehead atoms. The van der Waals surface area contributed by atoms with Crippen molar-refractivity contribution < 1.29 is 9.90 Å². The van der Waals surface area contributed by atoms with E-state index in [1.807, 2.05) is 55.0 Å². The highest BCUT2D eigenvalue weighted by molar-refractivity contribution is 5.94. The zero-order chi connectivity index (χ0) is 20.5. The molecule has 0 spiro atoms. The Morgan fingerprint density at radius 3 is 2.50 bits per heavy atom. The van der Waals surface area contributed by atoms with Crippen LogP contribution in [0.2, 0.25) is 0 Å². The number of carbonyl (C=O) groups excluding carboxylic acids is 1. The Kier molecular flexibility index (Phi) is 5.09. The molecule has 2 aliphatic rings. The Morgan fingerprint density at radius 1 is 1.03 bits per heavy atom. The fourth-order valence-corrected chi connectivity index (χ4v) is 4.09. The summed E-state index contributed by atoms with van der Waals surface area (Å²) in [5.41, 5.74) is 3.53. The lowest BCUT2D eigenvalue weighted by molar-refractivity contribution is 0.0464. The Bertz CT molecular complexity index is 1030. The predicted molar refractivity (Wildman–Crippen MR) is 115 cm³/mol. The van der Waals surface area contributed by atoms with Gasteiger partial charge in [0.25, 0.3) is 5.91 Å². The standard InChI is InChI=1S/C24H26N4O2/c29-21-7-4-10-27(16-21)24(30)22-11-19(15-28(22)14-17-8-9-17)20-12-25-23(26-13-20)18-5-2-1-3-6-18/h1-3,5-6,11-13,15,17,21,29H,4,7-10,14,16H2/t21-/m1/s1. The van der Waals surface area contributed by atoms with Crippen LogP contribution in [0.4, 0.5) is 0 Å². The van der Waals surface area contributed by atoms with Crippen LogP contribution < -0.4 is 0 Å².